The Morgan fingerprint density at radius 1 is 0.408 bits per heavy atom. The van der Waals surface area contributed by atoms with Gasteiger partial charge in [0.25, 0.3) is 0 Å². The van der Waals surface area contributed by atoms with Crippen LogP contribution in [0.3, 0.4) is 0 Å². The fourth-order valence-corrected chi connectivity index (χ4v) is 9.16. The minimum atomic E-state index is 1.03. The van der Waals surface area contributed by atoms with Crippen molar-refractivity contribution in [3.05, 3.63) is 164 Å². The summed E-state index contributed by atoms with van der Waals surface area (Å²) in [6.45, 7) is 0. The van der Waals surface area contributed by atoms with Gasteiger partial charge in [0.2, 0.25) is 0 Å². The van der Waals surface area contributed by atoms with Crippen molar-refractivity contribution in [3.8, 4) is 22.5 Å². The van der Waals surface area contributed by atoms with Gasteiger partial charge in [0.15, 0.2) is 0 Å². The van der Waals surface area contributed by atoms with Crippen molar-refractivity contribution in [1.82, 2.24) is 14.1 Å². The molecule has 7 aromatic carbocycles. The van der Waals surface area contributed by atoms with Crippen LogP contribution in [0.5, 0.6) is 0 Å². The lowest BCUT2D eigenvalue weighted by Gasteiger charge is -2.14. The van der Waals surface area contributed by atoms with Gasteiger partial charge in [-0.05, 0) is 54.1 Å². The number of pyridine rings is 1. The van der Waals surface area contributed by atoms with Gasteiger partial charge in [-0.15, -0.1) is 11.3 Å². The highest BCUT2D eigenvalue weighted by Gasteiger charge is 2.22. The molecule has 0 N–H and O–H groups in total. The molecule has 0 saturated heterocycles. The Kier molecular flexibility index (Phi) is 5.54. The standard InChI is InChI=1S/C45H27N3S/c1-2-12-29(13-3-1)47-38-19-9-5-14-31(38)33-26-27-34-32-15-6-10-20-39(32)48(44(34)43(33)47)30-24-22-28(23-25-30)41-35-16-4-8-18-37(35)46-45-42(41)36-17-7-11-21-40(36)49-45/h1-27H. The van der Waals surface area contributed by atoms with E-state index in [0.29, 0.717) is 0 Å². The highest BCUT2D eigenvalue weighted by atomic mass is 32.1. The van der Waals surface area contributed by atoms with Gasteiger partial charge in [0, 0.05) is 59.3 Å². The summed E-state index contributed by atoms with van der Waals surface area (Å²) < 4.78 is 6.18. The second kappa shape index (κ2) is 10.1. The summed E-state index contributed by atoms with van der Waals surface area (Å²) in [4.78, 5) is 6.20. The van der Waals surface area contributed by atoms with Crippen LogP contribution in [0.1, 0.15) is 0 Å². The first-order chi connectivity index (χ1) is 24.3. The van der Waals surface area contributed by atoms with E-state index in [4.69, 9.17) is 4.98 Å². The van der Waals surface area contributed by atoms with Gasteiger partial charge in [0.05, 0.1) is 27.6 Å². The van der Waals surface area contributed by atoms with E-state index in [1.807, 2.05) is 0 Å². The molecule has 0 bridgehead atoms. The van der Waals surface area contributed by atoms with Crippen molar-refractivity contribution >= 4 is 86.2 Å². The maximum Gasteiger partial charge on any atom is 0.125 e. The van der Waals surface area contributed by atoms with Crippen LogP contribution in [0.2, 0.25) is 0 Å². The number of para-hydroxylation sites is 4. The maximum atomic E-state index is 5.12. The summed E-state index contributed by atoms with van der Waals surface area (Å²) in [6, 6.07) is 59.4. The van der Waals surface area contributed by atoms with Crippen LogP contribution < -0.4 is 0 Å². The third kappa shape index (κ3) is 3.75. The molecule has 0 aliphatic heterocycles. The molecule has 0 fully saturated rings. The molecule has 4 aromatic heterocycles. The van der Waals surface area contributed by atoms with E-state index in [-0.39, 0.29) is 0 Å². The first-order valence-electron chi connectivity index (χ1n) is 16.6. The average Bonchev–Trinajstić information content (AvgIpc) is 3.82. The van der Waals surface area contributed by atoms with E-state index in [1.165, 1.54) is 75.6 Å². The zero-order valence-electron chi connectivity index (χ0n) is 26.3. The molecule has 11 aromatic rings. The van der Waals surface area contributed by atoms with Crippen LogP contribution in [-0.2, 0) is 0 Å². The maximum absolute atomic E-state index is 5.12. The Morgan fingerprint density at radius 3 is 1.61 bits per heavy atom. The van der Waals surface area contributed by atoms with Crippen molar-refractivity contribution in [2.75, 3.05) is 0 Å². The van der Waals surface area contributed by atoms with E-state index in [2.05, 4.69) is 173 Å². The number of benzene rings is 7. The smallest absolute Gasteiger partial charge is 0.125 e. The van der Waals surface area contributed by atoms with Crippen molar-refractivity contribution in [3.63, 3.8) is 0 Å². The number of hydrogen-bond donors (Lipinski definition) is 0. The van der Waals surface area contributed by atoms with Crippen LogP contribution in [-0.4, -0.2) is 14.1 Å². The quantitative estimate of drug-likeness (QED) is 0.188. The lowest BCUT2D eigenvalue weighted by Crippen LogP contribution is -1.98. The van der Waals surface area contributed by atoms with Crippen LogP contribution in [0.4, 0.5) is 0 Å². The summed E-state index contributed by atoms with van der Waals surface area (Å²) in [7, 11) is 0. The Hall–Kier alpha value is -6.23. The molecule has 228 valence electrons. The molecule has 3 nitrogen and oxygen atoms in total. The van der Waals surface area contributed by atoms with Gasteiger partial charge in [0.1, 0.15) is 4.83 Å². The number of aromatic nitrogens is 3. The molecule has 0 amide bonds. The van der Waals surface area contributed by atoms with Crippen molar-refractivity contribution in [1.29, 1.82) is 0 Å². The van der Waals surface area contributed by atoms with Crippen molar-refractivity contribution < 1.29 is 0 Å². The Bertz CT molecular complexity index is 3090. The van der Waals surface area contributed by atoms with E-state index < -0.39 is 0 Å². The van der Waals surface area contributed by atoms with Crippen LogP contribution >= 0.6 is 11.3 Å². The molecule has 4 heteroatoms. The fraction of sp³-hybridized carbons (Fsp3) is 0. The molecule has 49 heavy (non-hydrogen) atoms. The molecule has 0 spiro atoms. The van der Waals surface area contributed by atoms with E-state index in [9.17, 15) is 0 Å². The van der Waals surface area contributed by atoms with Crippen LogP contribution in [0.15, 0.2) is 164 Å². The highest BCUT2D eigenvalue weighted by molar-refractivity contribution is 7.25. The molecule has 0 saturated carbocycles. The molecule has 4 heterocycles. The second-order valence-corrected chi connectivity index (χ2v) is 13.8. The van der Waals surface area contributed by atoms with Gasteiger partial charge >= 0.3 is 0 Å². The number of hydrogen-bond acceptors (Lipinski definition) is 2. The molecule has 0 radical (unpaired) electrons. The summed E-state index contributed by atoms with van der Waals surface area (Å²) >= 11 is 1.77. The van der Waals surface area contributed by atoms with Gasteiger partial charge in [-0.1, -0.05) is 115 Å². The fourth-order valence-electron chi connectivity index (χ4n) is 8.07. The highest BCUT2D eigenvalue weighted by Crippen LogP contribution is 2.44. The first-order valence-corrected chi connectivity index (χ1v) is 17.5. The number of thiophene rings is 1. The third-order valence-electron chi connectivity index (χ3n) is 10.1. The predicted octanol–water partition coefficient (Wildman–Crippen LogP) is 12.5. The average molecular weight is 642 g/mol. The van der Waals surface area contributed by atoms with Crippen molar-refractivity contribution in [2.45, 2.75) is 0 Å². The minimum Gasteiger partial charge on any atom is -0.307 e. The molecular formula is C45H27N3S. The number of nitrogens with zero attached hydrogens (tertiary/aromatic N) is 3. The summed E-state index contributed by atoms with van der Waals surface area (Å²) in [6.07, 6.45) is 0. The molecule has 0 atom stereocenters. The lowest BCUT2D eigenvalue weighted by molar-refractivity contribution is 1.15. The van der Waals surface area contributed by atoms with Crippen LogP contribution in [0.25, 0.3) is 97.3 Å². The molecule has 11 rings (SSSR count). The topological polar surface area (TPSA) is 22.8 Å². The minimum absolute atomic E-state index is 1.03. The number of rotatable bonds is 3. The molecule has 0 aliphatic rings. The van der Waals surface area contributed by atoms with E-state index >= 15 is 0 Å². The summed E-state index contributed by atoms with van der Waals surface area (Å²) in [5.41, 5.74) is 10.6. The monoisotopic (exact) mass is 641 g/mol. The number of fused-ring (bicyclic) bond motifs is 11. The zero-order valence-corrected chi connectivity index (χ0v) is 27.2. The van der Waals surface area contributed by atoms with Gasteiger partial charge in [-0.3, -0.25) is 0 Å². The summed E-state index contributed by atoms with van der Waals surface area (Å²) in [5, 5.41) is 8.68. The van der Waals surface area contributed by atoms with E-state index in [1.54, 1.807) is 11.3 Å². The normalized spacial score (nSPS) is 12.1. The summed E-state index contributed by atoms with van der Waals surface area (Å²) in [5.74, 6) is 0. The van der Waals surface area contributed by atoms with Gasteiger partial charge in [-0.2, -0.15) is 0 Å². The Morgan fingerprint density at radius 2 is 0.939 bits per heavy atom. The lowest BCUT2D eigenvalue weighted by atomic mass is 9.96. The predicted molar refractivity (Wildman–Crippen MR) is 209 cm³/mol. The third-order valence-corrected chi connectivity index (χ3v) is 11.2. The van der Waals surface area contributed by atoms with Gasteiger partial charge < -0.3 is 9.13 Å². The van der Waals surface area contributed by atoms with E-state index in [0.717, 1.165) is 21.7 Å². The molecule has 0 unspecified atom stereocenters. The Balaban J connectivity index is 1.23. The Labute approximate surface area is 285 Å². The van der Waals surface area contributed by atoms with Crippen LogP contribution in [0, 0.1) is 0 Å². The molecule has 0 aliphatic carbocycles. The van der Waals surface area contributed by atoms with Crippen molar-refractivity contribution in [2.24, 2.45) is 0 Å². The first kappa shape index (κ1) is 26.8. The second-order valence-electron chi connectivity index (χ2n) is 12.7. The SMILES string of the molecule is c1ccc(-n2c3ccccc3c3ccc4c5ccccc5n(-c5ccc(-c6c7ccccc7nc7sc8ccccc8c67)cc5)c4c32)cc1. The van der Waals surface area contributed by atoms with Gasteiger partial charge in [-0.25, -0.2) is 4.98 Å². The largest absolute Gasteiger partial charge is 0.307 e. The zero-order chi connectivity index (χ0) is 32.1. The molecular weight excluding hydrogens is 615 g/mol.